The molecule has 9 aromatic rings. The van der Waals surface area contributed by atoms with Gasteiger partial charge in [0.25, 0.3) is 0 Å². The number of aromatic nitrogens is 4. The Morgan fingerprint density at radius 2 is 1.09 bits per heavy atom. The van der Waals surface area contributed by atoms with Gasteiger partial charge >= 0.3 is 0 Å². The molecule has 5 heteroatoms. The van der Waals surface area contributed by atoms with Crippen molar-refractivity contribution < 1.29 is 0 Å². The number of benzene rings is 5. The Kier molecular flexibility index (Phi) is 5.02. The zero-order valence-corrected chi connectivity index (χ0v) is 25.0. The third kappa shape index (κ3) is 3.43. The smallest absolute Gasteiger partial charge is 0.137 e. The largest absolute Gasteiger partial charge is 0.294 e. The van der Waals surface area contributed by atoms with Crippen LogP contribution in [0.25, 0.3) is 66.0 Å². The Morgan fingerprint density at radius 3 is 1.86 bits per heavy atom. The molecule has 0 saturated heterocycles. The summed E-state index contributed by atoms with van der Waals surface area (Å²) in [4.78, 5) is 9.54. The molecule has 0 unspecified atom stereocenters. The highest BCUT2D eigenvalue weighted by molar-refractivity contribution is 7.00. The van der Waals surface area contributed by atoms with E-state index in [1.807, 2.05) is 24.5 Å². The van der Waals surface area contributed by atoms with E-state index < -0.39 is 8.07 Å². The van der Waals surface area contributed by atoms with Crippen LogP contribution in [0.2, 0.25) is 13.1 Å². The first-order valence-corrected chi connectivity index (χ1v) is 17.8. The van der Waals surface area contributed by atoms with Gasteiger partial charge < -0.3 is 0 Å². The zero-order chi connectivity index (χ0) is 28.7. The lowest BCUT2D eigenvalue weighted by atomic mass is 10.0. The molecule has 0 bridgehead atoms. The summed E-state index contributed by atoms with van der Waals surface area (Å²) in [5, 5.41) is 10.5. The predicted molar refractivity (Wildman–Crippen MR) is 183 cm³/mol. The van der Waals surface area contributed by atoms with Gasteiger partial charge in [-0.2, -0.15) is 0 Å². The number of fused-ring (bicyclic) bond motifs is 3. The van der Waals surface area contributed by atoms with Crippen molar-refractivity contribution in [3.05, 3.63) is 134 Å². The number of nitrogens with zero attached hydrogens (tertiary/aromatic N) is 4. The SMILES string of the molecule is C[Si](C)(c1ccc2c3ccccc3n(-c3ccccn3)c2c1)c1cc2ccc3cccc4c3c2c(c1)n4-c1ccccn1. The van der Waals surface area contributed by atoms with Gasteiger partial charge in [0, 0.05) is 33.9 Å². The van der Waals surface area contributed by atoms with Crippen LogP contribution in [-0.4, -0.2) is 27.2 Å². The van der Waals surface area contributed by atoms with Gasteiger partial charge in [0.15, 0.2) is 0 Å². The number of hydrogen-bond acceptors (Lipinski definition) is 2. The predicted octanol–water partition coefficient (Wildman–Crippen LogP) is 8.08. The summed E-state index contributed by atoms with van der Waals surface area (Å²) >= 11 is 0. The maximum Gasteiger partial charge on any atom is 0.137 e. The molecule has 4 aromatic heterocycles. The normalized spacial score (nSPS) is 12.4. The highest BCUT2D eigenvalue weighted by atomic mass is 28.3. The van der Waals surface area contributed by atoms with Gasteiger partial charge in [0.2, 0.25) is 0 Å². The maximum atomic E-state index is 4.79. The van der Waals surface area contributed by atoms with Crippen molar-refractivity contribution in [2.75, 3.05) is 0 Å². The molecule has 0 atom stereocenters. The molecule has 0 aliphatic carbocycles. The Labute approximate surface area is 249 Å². The number of rotatable bonds is 4. The molecular formula is C38H28N4Si. The molecule has 4 nitrogen and oxygen atoms in total. The van der Waals surface area contributed by atoms with Crippen LogP contribution in [0.1, 0.15) is 0 Å². The minimum Gasteiger partial charge on any atom is -0.294 e. The first-order valence-electron chi connectivity index (χ1n) is 14.8. The van der Waals surface area contributed by atoms with E-state index in [0.29, 0.717) is 0 Å². The molecule has 0 amide bonds. The van der Waals surface area contributed by atoms with Crippen LogP contribution in [0.5, 0.6) is 0 Å². The summed E-state index contributed by atoms with van der Waals surface area (Å²) in [6.07, 6.45) is 3.76. The van der Waals surface area contributed by atoms with Gasteiger partial charge in [-0.1, -0.05) is 96.3 Å². The van der Waals surface area contributed by atoms with Gasteiger partial charge in [0.1, 0.15) is 19.7 Å². The summed E-state index contributed by atoms with van der Waals surface area (Å²) in [6.45, 7) is 4.95. The topological polar surface area (TPSA) is 35.6 Å². The molecule has 43 heavy (non-hydrogen) atoms. The van der Waals surface area contributed by atoms with Gasteiger partial charge in [-0.15, -0.1) is 0 Å². The molecule has 0 aliphatic heterocycles. The molecule has 0 spiro atoms. The van der Waals surface area contributed by atoms with Gasteiger partial charge in [0.05, 0.1) is 22.1 Å². The Morgan fingerprint density at radius 1 is 0.465 bits per heavy atom. The molecule has 0 fully saturated rings. The Balaban J connectivity index is 1.31. The fraction of sp³-hybridized carbons (Fsp3) is 0.0526. The average Bonchev–Trinajstić information content (AvgIpc) is 3.58. The minimum atomic E-state index is -2.16. The van der Waals surface area contributed by atoms with E-state index >= 15 is 0 Å². The van der Waals surface area contributed by atoms with E-state index in [-0.39, 0.29) is 0 Å². The summed E-state index contributed by atoms with van der Waals surface area (Å²) in [5.74, 6) is 1.89. The van der Waals surface area contributed by atoms with Crippen LogP contribution in [0.15, 0.2) is 134 Å². The molecule has 0 saturated carbocycles. The quantitative estimate of drug-likeness (QED) is 0.159. The van der Waals surface area contributed by atoms with Crippen LogP contribution in [-0.2, 0) is 0 Å². The van der Waals surface area contributed by atoms with E-state index in [0.717, 1.165) is 11.6 Å². The minimum absolute atomic E-state index is 0.942. The summed E-state index contributed by atoms with van der Waals surface area (Å²) < 4.78 is 4.66. The first-order chi connectivity index (χ1) is 21.1. The van der Waals surface area contributed by atoms with E-state index in [1.54, 1.807) is 0 Å². The summed E-state index contributed by atoms with van der Waals surface area (Å²) in [5.41, 5.74) is 4.81. The van der Waals surface area contributed by atoms with Crippen LogP contribution in [0.4, 0.5) is 0 Å². The van der Waals surface area contributed by atoms with Crippen molar-refractivity contribution in [3.8, 4) is 11.6 Å². The zero-order valence-electron chi connectivity index (χ0n) is 24.0. The Hall–Kier alpha value is -5.26. The van der Waals surface area contributed by atoms with Crippen molar-refractivity contribution in [1.29, 1.82) is 0 Å². The van der Waals surface area contributed by atoms with Crippen LogP contribution in [0.3, 0.4) is 0 Å². The van der Waals surface area contributed by atoms with E-state index in [1.165, 1.54) is 64.8 Å². The Bertz CT molecular complexity index is 2470. The van der Waals surface area contributed by atoms with Crippen molar-refractivity contribution in [1.82, 2.24) is 19.1 Å². The second-order valence-corrected chi connectivity index (χ2v) is 16.4. The van der Waals surface area contributed by atoms with Crippen LogP contribution in [0, 0.1) is 0 Å². The first kappa shape index (κ1) is 24.3. The van der Waals surface area contributed by atoms with E-state index in [2.05, 4.69) is 131 Å². The summed E-state index contributed by atoms with van der Waals surface area (Å²) in [6, 6.07) is 44.1. The fourth-order valence-electron chi connectivity index (χ4n) is 7.05. The van der Waals surface area contributed by atoms with E-state index in [4.69, 9.17) is 9.97 Å². The lowest BCUT2D eigenvalue weighted by Gasteiger charge is -2.25. The fourth-order valence-corrected chi connectivity index (χ4v) is 9.39. The van der Waals surface area contributed by atoms with Gasteiger partial charge in [-0.3, -0.25) is 9.13 Å². The molecule has 204 valence electrons. The molecule has 0 N–H and O–H groups in total. The molecular weight excluding hydrogens is 541 g/mol. The molecule has 0 aliphatic rings. The van der Waals surface area contributed by atoms with Crippen LogP contribution >= 0.6 is 0 Å². The third-order valence-electron chi connectivity index (χ3n) is 9.27. The maximum absolute atomic E-state index is 4.79. The van der Waals surface area contributed by atoms with Crippen molar-refractivity contribution >= 4 is 72.8 Å². The monoisotopic (exact) mass is 568 g/mol. The van der Waals surface area contributed by atoms with Crippen molar-refractivity contribution in [2.45, 2.75) is 13.1 Å². The summed E-state index contributed by atoms with van der Waals surface area (Å²) in [7, 11) is -2.16. The molecule has 5 aromatic carbocycles. The van der Waals surface area contributed by atoms with Gasteiger partial charge in [-0.25, -0.2) is 9.97 Å². The number of para-hydroxylation sites is 1. The van der Waals surface area contributed by atoms with Crippen molar-refractivity contribution in [2.24, 2.45) is 0 Å². The second-order valence-electron chi connectivity index (χ2n) is 12.0. The highest BCUT2D eigenvalue weighted by Crippen LogP contribution is 2.38. The van der Waals surface area contributed by atoms with Crippen LogP contribution < -0.4 is 10.4 Å². The van der Waals surface area contributed by atoms with E-state index in [9.17, 15) is 0 Å². The standard InChI is InChI=1S/C38H28N4Si/c1-43(2,27-18-19-30-29-11-3-4-12-31(29)41(33(30)23-27)35-14-5-7-20-39-35)28-22-26-17-16-25-10-9-13-32-37(25)38(26)34(24-28)42(32)36-15-6-8-21-40-36/h3-24H,1-2H3. The second kappa shape index (κ2) is 8.87. The number of pyridine rings is 2. The molecule has 4 heterocycles. The van der Waals surface area contributed by atoms with Gasteiger partial charge in [-0.05, 0) is 59.3 Å². The lowest BCUT2D eigenvalue weighted by Crippen LogP contribution is -2.52. The molecule has 9 rings (SSSR count). The van der Waals surface area contributed by atoms with Crippen molar-refractivity contribution in [3.63, 3.8) is 0 Å². The third-order valence-corrected chi connectivity index (χ3v) is 12.8. The lowest BCUT2D eigenvalue weighted by molar-refractivity contribution is 1.08. The average molecular weight is 569 g/mol. The highest BCUT2D eigenvalue weighted by Gasteiger charge is 2.29. The number of hydrogen-bond donors (Lipinski definition) is 0. The molecule has 0 radical (unpaired) electrons.